The third-order valence-corrected chi connectivity index (χ3v) is 5.25. The zero-order valence-corrected chi connectivity index (χ0v) is 14.6. The molecule has 3 rings (SSSR count). The van der Waals surface area contributed by atoms with E-state index in [4.69, 9.17) is 4.74 Å². The number of thioether (sulfide) groups is 1. The molecule has 0 spiro atoms. The lowest BCUT2D eigenvalue weighted by molar-refractivity contribution is 0.414. The van der Waals surface area contributed by atoms with E-state index < -0.39 is 0 Å². The number of benzene rings is 1. The van der Waals surface area contributed by atoms with Gasteiger partial charge in [-0.05, 0) is 36.5 Å². The molecule has 0 atom stereocenters. The summed E-state index contributed by atoms with van der Waals surface area (Å²) in [6, 6.07) is 10.3. The predicted molar refractivity (Wildman–Crippen MR) is 95.2 cm³/mol. The Hall–Kier alpha value is -1.75. The second-order valence-electron chi connectivity index (χ2n) is 6.02. The summed E-state index contributed by atoms with van der Waals surface area (Å²) in [7, 11) is 1.70. The third kappa shape index (κ3) is 4.38. The maximum absolute atomic E-state index is 5.27. The number of anilines is 1. The van der Waals surface area contributed by atoms with Crippen LogP contribution in [0.5, 0.6) is 5.75 Å². The molecule has 1 fully saturated rings. The average molecular weight is 329 g/mol. The minimum atomic E-state index is 0.829. The largest absolute Gasteiger partial charge is 0.497 e. The summed E-state index contributed by atoms with van der Waals surface area (Å²) in [5.41, 5.74) is 1.24. The van der Waals surface area contributed by atoms with Crippen LogP contribution in [0.15, 0.2) is 41.7 Å². The molecule has 122 valence electrons. The molecule has 5 heteroatoms. The zero-order chi connectivity index (χ0) is 16.1. The highest BCUT2D eigenvalue weighted by atomic mass is 32.2. The molecule has 1 aliphatic rings. The van der Waals surface area contributed by atoms with Gasteiger partial charge in [0, 0.05) is 24.9 Å². The molecule has 0 radical (unpaired) electrons. The van der Waals surface area contributed by atoms with Crippen LogP contribution in [0.2, 0.25) is 0 Å². The van der Waals surface area contributed by atoms with E-state index in [1.807, 2.05) is 12.1 Å². The van der Waals surface area contributed by atoms with Crippen LogP contribution in [-0.2, 0) is 5.75 Å². The van der Waals surface area contributed by atoms with Gasteiger partial charge in [-0.15, -0.1) is 11.8 Å². The van der Waals surface area contributed by atoms with Gasteiger partial charge in [0.2, 0.25) is 0 Å². The van der Waals surface area contributed by atoms with E-state index in [1.165, 1.54) is 18.4 Å². The predicted octanol–water partition coefficient (Wildman–Crippen LogP) is 4.01. The number of rotatable bonds is 5. The van der Waals surface area contributed by atoms with Crippen molar-refractivity contribution < 1.29 is 4.74 Å². The molecule has 1 saturated heterocycles. The molecule has 0 N–H and O–H groups in total. The Labute approximate surface area is 142 Å². The van der Waals surface area contributed by atoms with Gasteiger partial charge in [0.25, 0.3) is 0 Å². The summed E-state index contributed by atoms with van der Waals surface area (Å²) < 4.78 is 5.27. The minimum Gasteiger partial charge on any atom is -0.497 e. The summed E-state index contributed by atoms with van der Waals surface area (Å²) >= 11 is 1.74. The van der Waals surface area contributed by atoms with Crippen LogP contribution in [0.1, 0.15) is 25.3 Å². The standard InChI is InChI=1S/C18H23N3OS/c1-14-6-8-21(9-7-14)17-11-18(20-13-19-17)23-12-15-4-3-5-16(10-15)22-2/h3-5,10-11,13-14H,6-9,12H2,1-2H3. The Balaban J connectivity index is 1.63. The SMILES string of the molecule is COc1cccc(CSc2cc(N3CCC(C)CC3)ncn2)c1. The molecular weight excluding hydrogens is 306 g/mol. The highest BCUT2D eigenvalue weighted by Crippen LogP contribution is 2.27. The Morgan fingerprint density at radius 3 is 2.83 bits per heavy atom. The number of hydrogen-bond donors (Lipinski definition) is 0. The topological polar surface area (TPSA) is 38.2 Å². The van der Waals surface area contributed by atoms with Gasteiger partial charge in [-0.3, -0.25) is 0 Å². The van der Waals surface area contributed by atoms with Gasteiger partial charge < -0.3 is 9.64 Å². The van der Waals surface area contributed by atoms with Gasteiger partial charge in [-0.2, -0.15) is 0 Å². The van der Waals surface area contributed by atoms with E-state index in [0.29, 0.717) is 0 Å². The summed E-state index contributed by atoms with van der Waals surface area (Å²) in [5, 5.41) is 1.02. The first-order chi connectivity index (χ1) is 11.2. The Bertz CT molecular complexity index is 642. The highest BCUT2D eigenvalue weighted by Gasteiger charge is 2.17. The average Bonchev–Trinajstić information content (AvgIpc) is 2.61. The second kappa shape index (κ2) is 7.68. The molecule has 0 unspecified atom stereocenters. The van der Waals surface area contributed by atoms with Gasteiger partial charge in [-0.1, -0.05) is 19.1 Å². The zero-order valence-electron chi connectivity index (χ0n) is 13.7. The maximum Gasteiger partial charge on any atom is 0.133 e. The first-order valence-electron chi connectivity index (χ1n) is 8.07. The van der Waals surface area contributed by atoms with Gasteiger partial charge in [0.15, 0.2) is 0 Å². The van der Waals surface area contributed by atoms with Crippen molar-refractivity contribution in [3.8, 4) is 5.75 Å². The van der Waals surface area contributed by atoms with Crippen molar-refractivity contribution in [2.24, 2.45) is 5.92 Å². The Morgan fingerprint density at radius 2 is 2.04 bits per heavy atom. The number of aromatic nitrogens is 2. The van der Waals surface area contributed by atoms with Crippen molar-refractivity contribution in [1.29, 1.82) is 0 Å². The lowest BCUT2D eigenvalue weighted by atomic mass is 9.99. The van der Waals surface area contributed by atoms with Crippen LogP contribution < -0.4 is 9.64 Å². The van der Waals surface area contributed by atoms with Crippen LogP contribution in [0, 0.1) is 5.92 Å². The molecule has 0 saturated carbocycles. The van der Waals surface area contributed by atoms with Gasteiger partial charge >= 0.3 is 0 Å². The second-order valence-corrected chi connectivity index (χ2v) is 7.02. The van der Waals surface area contributed by atoms with Crippen LogP contribution in [0.3, 0.4) is 0 Å². The fourth-order valence-corrected chi connectivity index (χ4v) is 3.54. The number of ether oxygens (including phenoxy) is 1. The lowest BCUT2D eigenvalue weighted by Crippen LogP contribution is -2.33. The molecule has 2 heterocycles. The number of piperidine rings is 1. The summed E-state index contributed by atoms with van der Waals surface area (Å²) in [6.45, 7) is 4.52. The Kier molecular flexibility index (Phi) is 5.39. The van der Waals surface area contributed by atoms with E-state index >= 15 is 0 Å². The Morgan fingerprint density at radius 1 is 1.22 bits per heavy atom. The normalized spacial score (nSPS) is 15.7. The van der Waals surface area contributed by atoms with Gasteiger partial charge in [0.1, 0.15) is 22.9 Å². The molecule has 2 aromatic rings. The molecule has 1 aromatic heterocycles. The fraction of sp³-hybridized carbons (Fsp3) is 0.444. The monoisotopic (exact) mass is 329 g/mol. The molecule has 0 aliphatic carbocycles. The van der Waals surface area contributed by atoms with Crippen LogP contribution in [0.25, 0.3) is 0 Å². The van der Waals surface area contributed by atoms with Crippen molar-refractivity contribution in [3.05, 3.63) is 42.2 Å². The maximum atomic E-state index is 5.27. The summed E-state index contributed by atoms with van der Waals surface area (Å²) in [4.78, 5) is 11.2. The van der Waals surface area contributed by atoms with E-state index in [9.17, 15) is 0 Å². The van der Waals surface area contributed by atoms with Crippen LogP contribution in [0.4, 0.5) is 5.82 Å². The van der Waals surface area contributed by atoms with Crippen molar-refractivity contribution in [2.75, 3.05) is 25.1 Å². The summed E-state index contributed by atoms with van der Waals surface area (Å²) in [6.07, 6.45) is 4.17. The number of methoxy groups -OCH3 is 1. The third-order valence-electron chi connectivity index (χ3n) is 4.26. The highest BCUT2D eigenvalue weighted by molar-refractivity contribution is 7.98. The molecule has 0 amide bonds. The van der Waals surface area contributed by atoms with Gasteiger partial charge in [-0.25, -0.2) is 9.97 Å². The molecular formula is C18H23N3OS. The summed E-state index contributed by atoms with van der Waals surface area (Å²) in [5.74, 6) is 3.66. The quantitative estimate of drug-likeness (QED) is 0.612. The van der Waals surface area contributed by atoms with Crippen molar-refractivity contribution in [3.63, 3.8) is 0 Å². The molecule has 1 aliphatic heterocycles. The van der Waals surface area contributed by atoms with Crippen molar-refractivity contribution in [2.45, 2.75) is 30.5 Å². The van der Waals surface area contributed by atoms with Crippen molar-refractivity contribution >= 4 is 17.6 Å². The first-order valence-corrected chi connectivity index (χ1v) is 9.06. The molecule has 23 heavy (non-hydrogen) atoms. The van der Waals surface area contributed by atoms with Gasteiger partial charge in [0.05, 0.1) is 7.11 Å². The lowest BCUT2D eigenvalue weighted by Gasteiger charge is -2.31. The fourth-order valence-electron chi connectivity index (χ4n) is 2.74. The number of hydrogen-bond acceptors (Lipinski definition) is 5. The van der Waals surface area contributed by atoms with E-state index in [1.54, 1.807) is 25.2 Å². The number of nitrogens with zero attached hydrogens (tertiary/aromatic N) is 3. The van der Waals surface area contributed by atoms with E-state index in [0.717, 1.165) is 41.4 Å². The minimum absolute atomic E-state index is 0.829. The van der Waals surface area contributed by atoms with E-state index in [-0.39, 0.29) is 0 Å². The first kappa shape index (κ1) is 16.1. The molecule has 4 nitrogen and oxygen atoms in total. The van der Waals surface area contributed by atoms with Crippen LogP contribution >= 0.6 is 11.8 Å². The van der Waals surface area contributed by atoms with Crippen LogP contribution in [-0.4, -0.2) is 30.2 Å². The van der Waals surface area contributed by atoms with Crippen molar-refractivity contribution in [1.82, 2.24) is 9.97 Å². The smallest absolute Gasteiger partial charge is 0.133 e. The molecule has 1 aromatic carbocycles. The molecule has 0 bridgehead atoms. The van der Waals surface area contributed by atoms with E-state index in [2.05, 4.69) is 40.0 Å².